The Bertz CT molecular complexity index is 1030. The number of hydrogen-bond acceptors (Lipinski definition) is 6. The molecule has 28 heavy (non-hydrogen) atoms. The molecule has 2 aromatic heterocycles. The number of nitrogens with zero attached hydrogens (tertiary/aromatic N) is 2. The molecule has 0 bridgehead atoms. The van der Waals surface area contributed by atoms with E-state index in [-0.39, 0.29) is 11.3 Å². The first-order valence-corrected chi connectivity index (χ1v) is 8.93. The van der Waals surface area contributed by atoms with Gasteiger partial charge in [-0.2, -0.15) is 0 Å². The summed E-state index contributed by atoms with van der Waals surface area (Å²) in [5.74, 6) is -1.21. The molecular weight excluding hydrogens is 360 g/mol. The zero-order valence-electron chi connectivity index (χ0n) is 15.6. The Kier molecular flexibility index (Phi) is 4.52. The van der Waals surface area contributed by atoms with Crippen LogP contribution in [0.15, 0.2) is 68.9 Å². The number of furan rings is 2. The second-order valence-corrected chi connectivity index (χ2v) is 6.96. The summed E-state index contributed by atoms with van der Waals surface area (Å²) in [6.07, 6.45) is 1.47. The number of fused-ring (bicyclic) bond motifs is 1. The van der Waals surface area contributed by atoms with Crippen molar-refractivity contribution in [3.8, 4) is 0 Å². The molecule has 0 aliphatic carbocycles. The van der Waals surface area contributed by atoms with Crippen LogP contribution in [0.5, 0.6) is 0 Å². The number of carbonyl (C=O) groups is 2. The molecule has 7 heteroatoms. The van der Waals surface area contributed by atoms with E-state index in [9.17, 15) is 14.7 Å². The number of Topliss-reactive ketones (excluding diaryl/α,β-unsaturated/α-hetero) is 1. The molecule has 0 saturated carbocycles. The summed E-state index contributed by atoms with van der Waals surface area (Å²) < 4.78 is 11.2. The van der Waals surface area contributed by atoms with E-state index in [4.69, 9.17) is 8.83 Å². The van der Waals surface area contributed by atoms with Crippen LogP contribution in [-0.2, 0) is 4.79 Å². The fraction of sp³-hybridized carbons (Fsp3) is 0.238. The number of ketones is 1. The highest BCUT2D eigenvalue weighted by atomic mass is 16.3. The van der Waals surface area contributed by atoms with Crippen molar-refractivity contribution in [3.63, 3.8) is 0 Å². The average Bonchev–Trinajstić information content (AvgIpc) is 3.39. The normalized spacial score (nSPS) is 17.3. The molecule has 1 aliphatic heterocycles. The van der Waals surface area contributed by atoms with Gasteiger partial charge >= 0.3 is 0 Å². The molecule has 7 nitrogen and oxygen atoms in total. The van der Waals surface area contributed by atoms with E-state index in [0.717, 1.165) is 5.39 Å². The molecule has 1 aliphatic rings. The first-order chi connectivity index (χ1) is 13.5. The number of benzene rings is 1. The highest BCUT2D eigenvalue weighted by molar-refractivity contribution is 6.15. The number of hydrogen-bond donors (Lipinski definition) is 1. The molecular formula is C21H20N2O5. The van der Waals surface area contributed by atoms with E-state index in [2.05, 4.69) is 0 Å². The zero-order valence-corrected chi connectivity index (χ0v) is 15.6. The third-order valence-electron chi connectivity index (χ3n) is 4.80. The molecule has 1 N–H and O–H groups in total. The Hall–Kier alpha value is -3.32. The first kappa shape index (κ1) is 18.1. The van der Waals surface area contributed by atoms with E-state index in [0.29, 0.717) is 24.4 Å². The number of rotatable bonds is 6. The van der Waals surface area contributed by atoms with Gasteiger partial charge in [-0.1, -0.05) is 18.2 Å². The molecule has 1 atom stereocenters. The first-order valence-electron chi connectivity index (χ1n) is 8.93. The van der Waals surface area contributed by atoms with E-state index in [1.54, 1.807) is 24.3 Å². The SMILES string of the molecule is CN(C)CCN1C(=O)C(O)=C(C(=O)c2cc3ccccc3o2)[C@@H]1c1ccco1. The fourth-order valence-corrected chi connectivity index (χ4v) is 3.39. The van der Waals surface area contributed by atoms with Gasteiger partial charge in [-0.15, -0.1) is 0 Å². The van der Waals surface area contributed by atoms with Crippen molar-refractivity contribution >= 4 is 22.7 Å². The molecule has 0 fully saturated rings. The van der Waals surface area contributed by atoms with Gasteiger partial charge in [0.1, 0.15) is 17.4 Å². The number of likely N-dealkylation sites (N-methyl/N-ethyl adjacent to an activating group) is 1. The van der Waals surface area contributed by atoms with Gasteiger partial charge in [0.05, 0.1) is 11.8 Å². The van der Waals surface area contributed by atoms with Gasteiger partial charge in [-0.3, -0.25) is 9.59 Å². The Morgan fingerprint density at radius 2 is 2.00 bits per heavy atom. The van der Waals surface area contributed by atoms with Crippen molar-refractivity contribution in [2.24, 2.45) is 0 Å². The quantitative estimate of drug-likeness (QED) is 0.661. The molecule has 3 aromatic rings. The molecule has 0 unspecified atom stereocenters. The van der Waals surface area contributed by atoms with Crippen molar-refractivity contribution in [2.75, 3.05) is 27.2 Å². The summed E-state index contributed by atoms with van der Waals surface area (Å²) in [4.78, 5) is 29.3. The maximum Gasteiger partial charge on any atom is 0.290 e. The molecule has 4 rings (SSSR count). The molecule has 1 amide bonds. The summed E-state index contributed by atoms with van der Waals surface area (Å²) in [6, 6.07) is 11.4. The Morgan fingerprint density at radius 1 is 1.21 bits per heavy atom. The number of carbonyl (C=O) groups excluding carboxylic acids is 2. The number of amides is 1. The lowest BCUT2D eigenvalue weighted by Crippen LogP contribution is -2.36. The highest BCUT2D eigenvalue weighted by Crippen LogP contribution is 2.39. The predicted octanol–water partition coefficient (Wildman–Crippen LogP) is 3.17. The number of para-hydroxylation sites is 1. The van der Waals surface area contributed by atoms with Gasteiger partial charge in [-0.05, 0) is 38.4 Å². The lowest BCUT2D eigenvalue weighted by Gasteiger charge is -2.26. The minimum atomic E-state index is -0.803. The van der Waals surface area contributed by atoms with Gasteiger partial charge in [0, 0.05) is 18.5 Å². The smallest absolute Gasteiger partial charge is 0.290 e. The van der Waals surface area contributed by atoms with Crippen LogP contribution in [0.25, 0.3) is 11.0 Å². The topological polar surface area (TPSA) is 87.1 Å². The third kappa shape index (κ3) is 2.99. The van der Waals surface area contributed by atoms with E-state index in [1.165, 1.54) is 11.2 Å². The van der Waals surface area contributed by atoms with Gasteiger partial charge in [-0.25, -0.2) is 0 Å². The minimum absolute atomic E-state index is 0.0298. The monoisotopic (exact) mass is 380 g/mol. The summed E-state index contributed by atoms with van der Waals surface area (Å²) >= 11 is 0. The average molecular weight is 380 g/mol. The van der Waals surface area contributed by atoms with Gasteiger partial charge in [0.15, 0.2) is 11.5 Å². The van der Waals surface area contributed by atoms with Gasteiger partial charge in [0.25, 0.3) is 5.91 Å². The Balaban J connectivity index is 1.76. The zero-order chi connectivity index (χ0) is 19.8. The van der Waals surface area contributed by atoms with Crippen LogP contribution in [0.2, 0.25) is 0 Å². The van der Waals surface area contributed by atoms with Gasteiger partial charge in [0.2, 0.25) is 5.78 Å². The van der Waals surface area contributed by atoms with E-state index in [1.807, 2.05) is 37.2 Å². The molecule has 144 valence electrons. The summed E-state index contributed by atoms with van der Waals surface area (Å²) in [5, 5.41) is 11.3. The van der Waals surface area contributed by atoms with E-state index < -0.39 is 23.5 Å². The fourth-order valence-electron chi connectivity index (χ4n) is 3.39. The Labute approximate surface area is 161 Å². The van der Waals surface area contributed by atoms with Gasteiger partial charge < -0.3 is 23.7 Å². The number of aliphatic hydroxyl groups is 1. The summed E-state index contributed by atoms with van der Waals surface area (Å²) in [6.45, 7) is 0.903. The van der Waals surface area contributed by atoms with Crippen LogP contribution in [0.4, 0.5) is 0 Å². The lowest BCUT2D eigenvalue weighted by atomic mass is 9.99. The van der Waals surface area contributed by atoms with Crippen LogP contribution in [0.3, 0.4) is 0 Å². The van der Waals surface area contributed by atoms with Crippen LogP contribution >= 0.6 is 0 Å². The molecule has 0 radical (unpaired) electrons. The molecule has 3 heterocycles. The van der Waals surface area contributed by atoms with Crippen LogP contribution < -0.4 is 0 Å². The summed E-state index contributed by atoms with van der Waals surface area (Å²) in [7, 11) is 3.77. The van der Waals surface area contributed by atoms with Crippen LogP contribution in [0, 0.1) is 0 Å². The predicted molar refractivity (Wildman–Crippen MR) is 102 cm³/mol. The molecule has 0 saturated heterocycles. The Morgan fingerprint density at radius 3 is 2.68 bits per heavy atom. The van der Waals surface area contributed by atoms with Crippen molar-refractivity contribution in [3.05, 3.63) is 71.6 Å². The molecule has 1 aromatic carbocycles. The number of aliphatic hydroxyl groups excluding tert-OH is 1. The summed E-state index contributed by atoms with van der Waals surface area (Å²) in [5.41, 5.74) is 0.534. The van der Waals surface area contributed by atoms with Crippen LogP contribution in [0.1, 0.15) is 22.4 Å². The minimum Gasteiger partial charge on any atom is -0.503 e. The van der Waals surface area contributed by atoms with Crippen molar-refractivity contribution in [2.45, 2.75) is 6.04 Å². The van der Waals surface area contributed by atoms with E-state index >= 15 is 0 Å². The maximum absolute atomic E-state index is 13.2. The standard InChI is InChI=1S/C21H20N2O5/c1-22(2)9-10-23-18(15-8-5-11-27-15)17(20(25)21(23)26)19(24)16-12-13-6-3-4-7-14(13)28-16/h3-8,11-12,18,25H,9-10H2,1-2H3/t18-/m0/s1. The maximum atomic E-state index is 13.2. The van der Waals surface area contributed by atoms with Crippen molar-refractivity contribution in [1.82, 2.24) is 9.80 Å². The van der Waals surface area contributed by atoms with Crippen LogP contribution in [-0.4, -0.2) is 53.8 Å². The van der Waals surface area contributed by atoms with Crippen molar-refractivity contribution in [1.29, 1.82) is 0 Å². The second kappa shape index (κ2) is 7.01. The highest BCUT2D eigenvalue weighted by Gasteiger charge is 2.45. The van der Waals surface area contributed by atoms with Crippen molar-refractivity contribution < 1.29 is 23.5 Å². The largest absolute Gasteiger partial charge is 0.503 e. The lowest BCUT2D eigenvalue weighted by molar-refractivity contribution is -0.129. The second-order valence-electron chi connectivity index (χ2n) is 6.96. The molecule has 0 spiro atoms. The third-order valence-corrected chi connectivity index (χ3v) is 4.80.